The highest BCUT2D eigenvalue weighted by Gasteiger charge is 2.27. The van der Waals surface area contributed by atoms with Crippen molar-refractivity contribution < 1.29 is 4.84 Å². The molecule has 2 unspecified atom stereocenters. The van der Waals surface area contributed by atoms with Crippen molar-refractivity contribution in [3.63, 3.8) is 0 Å². The fourth-order valence-corrected chi connectivity index (χ4v) is 2.62. The summed E-state index contributed by atoms with van der Waals surface area (Å²) in [5.74, 6) is 0.585. The Kier molecular flexibility index (Phi) is 4.41. The van der Waals surface area contributed by atoms with E-state index in [4.69, 9.17) is 4.84 Å². The van der Waals surface area contributed by atoms with E-state index >= 15 is 0 Å². The maximum atomic E-state index is 5.77. The Hall–Kier alpha value is -0.860. The number of hydrogen-bond donors (Lipinski definition) is 1. The van der Waals surface area contributed by atoms with Crippen LogP contribution in [0.25, 0.3) is 0 Å². The molecule has 0 saturated heterocycles. The Morgan fingerprint density at radius 2 is 1.72 bits per heavy atom. The first-order valence-electron chi connectivity index (χ1n) is 7.05. The SMILES string of the molecule is CC(C)(C)ONC1CCCCC1c1ccccc1. The van der Waals surface area contributed by atoms with Gasteiger partial charge in [0.2, 0.25) is 0 Å². The molecule has 0 bridgehead atoms. The predicted molar refractivity (Wildman–Crippen MR) is 75.4 cm³/mol. The second-order valence-corrected chi connectivity index (χ2v) is 6.24. The molecule has 2 rings (SSSR count). The van der Waals surface area contributed by atoms with Crippen molar-refractivity contribution >= 4 is 0 Å². The molecular weight excluding hydrogens is 222 g/mol. The minimum absolute atomic E-state index is 0.126. The van der Waals surface area contributed by atoms with Crippen molar-refractivity contribution in [3.8, 4) is 0 Å². The Morgan fingerprint density at radius 1 is 1.06 bits per heavy atom. The van der Waals surface area contributed by atoms with Crippen molar-refractivity contribution in [2.45, 2.75) is 64.0 Å². The van der Waals surface area contributed by atoms with Gasteiger partial charge >= 0.3 is 0 Å². The third-order valence-corrected chi connectivity index (χ3v) is 3.51. The Morgan fingerprint density at radius 3 is 2.39 bits per heavy atom. The molecule has 1 fully saturated rings. The van der Waals surface area contributed by atoms with Gasteiger partial charge in [-0.05, 0) is 39.2 Å². The van der Waals surface area contributed by atoms with Crippen LogP contribution in [0.4, 0.5) is 0 Å². The zero-order valence-electron chi connectivity index (χ0n) is 11.8. The zero-order chi connectivity index (χ0) is 13.0. The van der Waals surface area contributed by atoms with Crippen LogP contribution in [-0.2, 0) is 4.84 Å². The average molecular weight is 247 g/mol. The molecular formula is C16H25NO. The average Bonchev–Trinajstić information content (AvgIpc) is 2.37. The minimum Gasteiger partial charge on any atom is -0.296 e. The second-order valence-electron chi connectivity index (χ2n) is 6.24. The molecule has 0 radical (unpaired) electrons. The first kappa shape index (κ1) is 13.6. The summed E-state index contributed by atoms with van der Waals surface area (Å²) in [7, 11) is 0. The van der Waals surface area contributed by atoms with Crippen LogP contribution in [-0.4, -0.2) is 11.6 Å². The molecule has 2 heteroatoms. The maximum Gasteiger partial charge on any atom is 0.0813 e. The van der Waals surface area contributed by atoms with Crippen LogP contribution in [0.15, 0.2) is 30.3 Å². The van der Waals surface area contributed by atoms with Crippen LogP contribution in [0.5, 0.6) is 0 Å². The van der Waals surface area contributed by atoms with Crippen molar-refractivity contribution in [2.75, 3.05) is 0 Å². The molecule has 0 amide bonds. The lowest BCUT2D eigenvalue weighted by atomic mass is 9.80. The topological polar surface area (TPSA) is 21.3 Å². The number of hydrogen-bond acceptors (Lipinski definition) is 2. The molecule has 1 aliphatic rings. The van der Waals surface area contributed by atoms with Crippen LogP contribution in [0.3, 0.4) is 0 Å². The Balaban J connectivity index is 2.02. The molecule has 2 nitrogen and oxygen atoms in total. The molecule has 1 N–H and O–H groups in total. The Bertz CT molecular complexity index is 355. The number of nitrogens with one attached hydrogen (secondary N) is 1. The van der Waals surface area contributed by atoms with E-state index in [1.54, 1.807) is 0 Å². The van der Waals surface area contributed by atoms with E-state index in [0.717, 1.165) is 0 Å². The highest BCUT2D eigenvalue weighted by atomic mass is 16.7. The fraction of sp³-hybridized carbons (Fsp3) is 0.625. The van der Waals surface area contributed by atoms with E-state index in [1.165, 1.54) is 31.2 Å². The van der Waals surface area contributed by atoms with Gasteiger partial charge < -0.3 is 0 Å². The van der Waals surface area contributed by atoms with E-state index in [1.807, 2.05) is 0 Å². The molecule has 1 saturated carbocycles. The summed E-state index contributed by atoms with van der Waals surface area (Å²) in [4.78, 5) is 5.77. The summed E-state index contributed by atoms with van der Waals surface area (Å²) in [6.45, 7) is 6.25. The monoisotopic (exact) mass is 247 g/mol. The largest absolute Gasteiger partial charge is 0.296 e. The second kappa shape index (κ2) is 5.85. The molecule has 0 aliphatic heterocycles. The highest BCUT2D eigenvalue weighted by molar-refractivity contribution is 5.21. The van der Waals surface area contributed by atoms with E-state index in [0.29, 0.717) is 12.0 Å². The molecule has 1 aromatic carbocycles. The van der Waals surface area contributed by atoms with Gasteiger partial charge in [0.15, 0.2) is 0 Å². The van der Waals surface area contributed by atoms with E-state index in [9.17, 15) is 0 Å². The van der Waals surface area contributed by atoms with Crippen molar-refractivity contribution in [3.05, 3.63) is 35.9 Å². The fourth-order valence-electron chi connectivity index (χ4n) is 2.62. The smallest absolute Gasteiger partial charge is 0.0813 e. The minimum atomic E-state index is -0.126. The molecule has 0 spiro atoms. The number of rotatable bonds is 3. The van der Waals surface area contributed by atoms with Crippen LogP contribution in [0, 0.1) is 0 Å². The first-order chi connectivity index (χ1) is 8.56. The normalized spacial score (nSPS) is 25.1. The van der Waals surface area contributed by atoms with Crippen molar-refractivity contribution in [1.29, 1.82) is 0 Å². The van der Waals surface area contributed by atoms with Gasteiger partial charge in [0, 0.05) is 12.0 Å². The van der Waals surface area contributed by atoms with E-state index < -0.39 is 0 Å². The lowest BCUT2D eigenvalue weighted by Crippen LogP contribution is -2.41. The lowest BCUT2D eigenvalue weighted by Gasteiger charge is -2.34. The first-order valence-corrected chi connectivity index (χ1v) is 7.05. The molecule has 1 aromatic rings. The third kappa shape index (κ3) is 3.82. The predicted octanol–water partition coefficient (Wildman–Crippen LogP) is 4.03. The molecule has 0 heterocycles. The van der Waals surface area contributed by atoms with Gasteiger partial charge in [0.05, 0.1) is 5.60 Å². The van der Waals surface area contributed by atoms with Crippen molar-refractivity contribution in [1.82, 2.24) is 5.48 Å². The summed E-state index contributed by atoms with van der Waals surface area (Å²) in [6, 6.07) is 11.3. The number of benzene rings is 1. The zero-order valence-corrected chi connectivity index (χ0v) is 11.8. The molecule has 1 aliphatic carbocycles. The van der Waals surface area contributed by atoms with Crippen LogP contribution in [0.2, 0.25) is 0 Å². The van der Waals surface area contributed by atoms with Gasteiger partial charge in [-0.2, -0.15) is 5.48 Å². The van der Waals surface area contributed by atoms with E-state index in [2.05, 4.69) is 56.6 Å². The Labute approximate surface area is 111 Å². The van der Waals surface area contributed by atoms with Gasteiger partial charge in [-0.1, -0.05) is 43.2 Å². The standard InChI is InChI=1S/C16H25NO/c1-16(2,3)18-17-15-12-8-7-11-14(15)13-9-5-4-6-10-13/h4-6,9-10,14-15,17H,7-8,11-12H2,1-3H3. The number of hydroxylamine groups is 1. The van der Waals surface area contributed by atoms with Crippen LogP contribution < -0.4 is 5.48 Å². The lowest BCUT2D eigenvalue weighted by molar-refractivity contribution is -0.0956. The summed E-state index contributed by atoms with van der Waals surface area (Å²) in [5, 5.41) is 0. The summed E-state index contributed by atoms with van der Waals surface area (Å²) in [5.41, 5.74) is 4.62. The quantitative estimate of drug-likeness (QED) is 0.814. The van der Waals surface area contributed by atoms with Crippen LogP contribution in [0.1, 0.15) is 57.9 Å². The summed E-state index contributed by atoms with van der Waals surface area (Å²) in [6.07, 6.45) is 5.09. The molecule has 0 aromatic heterocycles. The van der Waals surface area contributed by atoms with Gasteiger partial charge in [0.1, 0.15) is 0 Å². The molecule has 2 atom stereocenters. The van der Waals surface area contributed by atoms with Gasteiger partial charge in [-0.3, -0.25) is 4.84 Å². The maximum absolute atomic E-state index is 5.77. The molecule has 18 heavy (non-hydrogen) atoms. The van der Waals surface area contributed by atoms with Gasteiger partial charge in [-0.15, -0.1) is 0 Å². The summed E-state index contributed by atoms with van der Waals surface area (Å²) < 4.78 is 0. The van der Waals surface area contributed by atoms with Crippen molar-refractivity contribution in [2.24, 2.45) is 0 Å². The van der Waals surface area contributed by atoms with E-state index in [-0.39, 0.29) is 5.60 Å². The third-order valence-electron chi connectivity index (χ3n) is 3.51. The van der Waals surface area contributed by atoms with Crippen LogP contribution >= 0.6 is 0 Å². The highest BCUT2D eigenvalue weighted by Crippen LogP contribution is 2.33. The molecule has 100 valence electrons. The van der Waals surface area contributed by atoms with Gasteiger partial charge in [0.25, 0.3) is 0 Å². The summed E-state index contributed by atoms with van der Waals surface area (Å²) >= 11 is 0. The van der Waals surface area contributed by atoms with Gasteiger partial charge in [-0.25, -0.2) is 0 Å².